The van der Waals surface area contributed by atoms with E-state index in [0.717, 1.165) is 25.0 Å². The number of nitrogens with one attached hydrogen (secondary N) is 1. The highest BCUT2D eigenvalue weighted by atomic mass is 16.5. The van der Waals surface area contributed by atoms with Gasteiger partial charge in [0, 0.05) is 13.2 Å². The van der Waals surface area contributed by atoms with E-state index < -0.39 is 12.2 Å². The van der Waals surface area contributed by atoms with Crippen molar-refractivity contribution in [2.45, 2.75) is 45.0 Å². The average Bonchev–Trinajstić information content (AvgIpc) is 3.09. The highest BCUT2D eigenvalue weighted by molar-refractivity contribution is 5.80. The summed E-state index contributed by atoms with van der Waals surface area (Å²) < 4.78 is 16.5. The Bertz CT molecular complexity index is 516. The van der Waals surface area contributed by atoms with Crippen molar-refractivity contribution in [3.05, 3.63) is 29.8 Å². The van der Waals surface area contributed by atoms with Crippen LogP contribution in [0, 0.1) is 6.92 Å². The lowest BCUT2D eigenvalue weighted by Gasteiger charge is -2.18. The number of carbonyl (C=O) groups excluding carboxylic acids is 1. The number of amides is 1. The third-order valence-corrected chi connectivity index (χ3v) is 3.87. The Balaban J connectivity index is 1.61. The van der Waals surface area contributed by atoms with Crippen LogP contribution in [0.4, 0.5) is 0 Å². The molecule has 1 aliphatic heterocycles. The van der Waals surface area contributed by atoms with Crippen molar-refractivity contribution in [2.75, 3.05) is 26.4 Å². The summed E-state index contributed by atoms with van der Waals surface area (Å²) in [5.74, 6) is 0.455. The van der Waals surface area contributed by atoms with Gasteiger partial charge >= 0.3 is 0 Å². The van der Waals surface area contributed by atoms with Crippen LogP contribution in [-0.2, 0) is 14.3 Å². The normalized spacial score (nSPS) is 19.7. The van der Waals surface area contributed by atoms with Crippen LogP contribution in [0.5, 0.6) is 5.75 Å². The molecule has 1 fully saturated rings. The zero-order chi connectivity index (χ0) is 17.4. The van der Waals surface area contributed by atoms with Crippen LogP contribution in [0.3, 0.4) is 0 Å². The molecule has 0 bridgehead atoms. The molecule has 2 N–H and O–H groups in total. The maximum Gasteiger partial charge on any atom is 0.248 e. The standard InChI is InChI=1S/C18H27NO5/c1-13-5-3-6-16(9-13)24-11-15(20)10-19-18(21)14(2)23-12-17-7-4-8-22-17/h3,5-6,9,14-15,17,20H,4,7-8,10-12H2,1-2H3,(H,19,21). The highest BCUT2D eigenvalue weighted by Crippen LogP contribution is 2.13. The van der Waals surface area contributed by atoms with Gasteiger partial charge in [0.05, 0.1) is 12.7 Å². The van der Waals surface area contributed by atoms with Gasteiger partial charge in [0.15, 0.2) is 0 Å². The van der Waals surface area contributed by atoms with Gasteiger partial charge in [-0.3, -0.25) is 4.79 Å². The number of hydrogen-bond donors (Lipinski definition) is 2. The van der Waals surface area contributed by atoms with Crippen LogP contribution in [0.25, 0.3) is 0 Å². The smallest absolute Gasteiger partial charge is 0.248 e. The second-order valence-electron chi connectivity index (χ2n) is 6.14. The summed E-state index contributed by atoms with van der Waals surface area (Å²) in [6, 6.07) is 7.60. The summed E-state index contributed by atoms with van der Waals surface area (Å²) in [7, 11) is 0. The van der Waals surface area contributed by atoms with E-state index in [1.54, 1.807) is 6.92 Å². The number of benzene rings is 1. The van der Waals surface area contributed by atoms with Crippen molar-refractivity contribution in [1.82, 2.24) is 5.32 Å². The van der Waals surface area contributed by atoms with Crippen LogP contribution < -0.4 is 10.1 Å². The summed E-state index contributed by atoms with van der Waals surface area (Å²) in [4.78, 5) is 11.9. The lowest BCUT2D eigenvalue weighted by atomic mass is 10.2. The maximum atomic E-state index is 11.9. The molecule has 0 aromatic heterocycles. The van der Waals surface area contributed by atoms with Gasteiger partial charge in [-0.2, -0.15) is 0 Å². The van der Waals surface area contributed by atoms with Gasteiger partial charge < -0.3 is 24.6 Å². The Morgan fingerprint density at radius 3 is 3.04 bits per heavy atom. The number of carbonyl (C=O) groups is 1. The number of aliphatic hydroxyl groups is 1. The summed E-state index contributed by atoms with van der Waals surface area (Å²) >= 11 is 0. The fraction of sp³-hybridized carbons (Fsp3) is 0.611. The van der Waals surface area contributed by atoms with E-state index in [4.69, 9.17) is 14.2 Å². The first-order valence-electron chi connectivity index (χ1n) is 8.43. The zero-order valence-electron chi connectivity index (χ0n) is 14.4. The molecular formula is C18H27NO5. The largest absolute Gasteiger partial charge is 0.491 e. The molecule has 1 amide bonds. The number of ether oxygens (including phenoxy) is 3. The second kappa shape index (κ2) is 9.61. The molecule has 134 valence electrons. The second-order valence-corrected chi connectivity index (χ2v) is 6.14. The van der Waals surface area contributed by atoms with Crippen molar-refractivity contribution in [3.8, 4) is 5.75 Å². The minimum absolute atomic E-state index is 0.0913. The number of hydrogen-bond acceptors (Lipinski definition) is 5. The van der Waals surface area contributed by atoms with Gasteiger partial charge in [0.1, 0.15) is 24.6 Å². The van der Waals surface area contributed by atoms with Crippen LogP contribution in [0.1, 0.15) is 25.3 Å². The Hall–Kier alpha value is -1.63. The molecule has 2 rings (SSSR count). The van der Waals surface area contributed by atoms with E-state index >= 15 is 0 Å². The lowest BCUT2D eigenvalue weighted by Crippen LogP contribution is -2.41. The molecular weight excluding hydrogens is 310 g/mol. The van der Waals surface area contributed by atoms with E-state index in [2.05, 4.69) is 5.32 Å². The quantitative estimate of drug-likeness (QED) is 0.713. The fourth-order valence-electron chi connectivity index (χ4n) is 2.42. The van der Waals surface area contributed by atoms with Gasteiger partial charge in [0.2, 0.25) is 5.91 Å². The van der Waals surface area contributed by atoms with Crippen molar-refractivity contribution in [3.63, 3.8) is 0 Å². The highest BCUT2D eigenvalue weighted by Gasteiger charge is 2.20. The molecule has 6 heteroatoms. The minimum atomic E-state index is -0.778. The molecule has 1 heterocycles. The minimum Gasteiger partial charge on any atom is -0.491 e. The number of aliphatic hydroxyl groups excluding tert-OH is 1. The third kappa shape index (κ3) is 6.47. The predicted molar refractivity (Wildman–Crippen MR) is 90.1 cm³/mol. The number of aryl methyl sites for hydroxylation is 1. The van der Waals surface area contributed by atoms with Crippen LogP contribution in [0.2, 0.25) is 0 Å². The van der Waals surface area contributed by atoms with E-state index in [-0.39, 0.29) is 25.2 Å². The van der Waals surface area contributed by atoms with Crippen molar-refractivity contribution in [1.29, 1.82) is 0 Å². The fourth-order valence-corrected chi connectivity index (χ4v) is 2.42. The SMILES string of the molecule is Cc1cccc(OCC(O)CNC(=O)C(C)OCC2CCCO2)c1. The van der Waals surface area contributed by atoms with Gasteiger partial charge in [-0.05, 0) is 44.4 Å². The summed E-state index contributed by atoms with van der Waals surface area (Å²) in [6.07, 6.45) is 0.762. The molecule has 0 radical (unpaired) electrons. The Labute approximate surface area is 143 Å². The van der Waals surface area contributed by atoms with E-state index in [9.17, 15) is 9.90 Å². The van der Waals surface area contributed by atoms with Crippen molar-refractivity contribution >= 4 is 5.91 Å². The lowest BCUT2D eigenvalue weighted by molar-refractivity contribution is -0.134. The summed E-state index contributed by atoms with van der Waals surface area (Å²) in [5.41, 5.74) is 1.09. The topological polar surface area (TPSA) is 77.0 Å². The van der Waals surface area contributed by atoms with Gasteiger partial charge in [-0.25, -0.2) is 0 Å². The predicted octanol–water partition coefficient (Wildman–Crippen LogP) is 1.44. The third-order valence-electron chi connectivity index (χ3n) is 3.87. The van der Waals surface area contributed by atoms with E-state index in [1.807, 2.05) is 31.2 Å². The van der Waals surface area contributed by atoms with Crippen molar-refractivity contribution < 1.29 is 24.1 Å². The molecule has 3 unspecified atom stereocenters. The zero-order valence-corrected chi connectivity index (χ0v) is 14.4. The van der Waals surface area contributed by atoms with E-state index in [1.165, 1.54) is 0 Å². The number of rotatable bonds is 9. The molecule has 0 saturated carbocycles. The van der Waals surface area contributed by atoms with E-state index in [0.29, 0.717) is 12.4 Å². The molecule has 1 aromatic carbocycles. The Morgan fingerprint density at radius 2 is 2.33 bits per heavy atom. The Kier molecular flexibility index (Phi) is 7.49. The van der Waals surface area contributed by atoms with Gasteiger partial charge in [-0.15, -0.1) is 0 Å². The first kappa shape index (κ1) is 18.7. The van der Waals surface area contributed by atoms with Gasteiger partial charge in [-0.1, -0.05) is 12.1 Å². The van der Waals surface area contributed by atoms with Crippen molar-refractivity contribution in [2.24, 2.45) is 0 Å². The first-order valence-corrected chi connectivity index (χ1v) is 8.43. The van der Waals surface area contributed by atoms with Crippen LogP contribution in [0.15, 0.2) is 24.3 Å². The summed E-state index contributed by atoms with van der Waals surface area (Å²) in [5, 5.41) is 12.6. The molecule has 6 nitrogen and oxygen atoms in total. The molecule has 1 aliphatic rings. The monoisotopic (exact) mass is 337 g/mol. The van der Waals surface area contributed by atoms with Crippen LogP contribution >= 0.6 is 0 Å². The maximum absolute atomic E-state index is 11.9. The summed E-state index contributed by atoms with van der Waals surface area (Å²) in [6.45, 7) is 5.10. The average molecular weight is 337 g/mol. The van der Waals surface area contributed by atoms with Gasteiger partial charge in [0.25, 0.3) is 0 Å². The molecule has 0 aliphatic carbocycles. The molecule has 1 saturated heterocycles. The molecule has 24 heavy (non-hydrogen) atoms. The van der Waals surface area contributed by atoms with Crippen LogP contribution in [-0.4, -0.2) is 55.7 Å². The molecule has 3 atom stereocenters. The molecule has 1 aromatic rings. The first-order chi connectivity index (χ1) is 11.5. The molecule has 0 spiro atoms. The Morgan fingerprint density at radius 1 is 1.50 bits per heavy atom.